The van der Waals surface area contributed by atoms with Gasteiger partial charge in [0, 0.05) is 18.2 Å². The highest BCUT2D eigenvalue weighted by Gasteiger charge is 2.14. The van der Waals surface area contributed by atoms with E-state index in [1.165, 1.54) is 18.9 Å². The molecule has 1 aliphatic rings. The maximum Gasteiger partial charge on any atom is 0.251 e. The minimum atomic E-state index is -0.130. The minimum Gasteiger partial charge on any atom is -0.507 e. The van der Waals surface area contributed by atoms with Crippen molar-refractivity contribution in [3.8, 4) is 5.75 Å². The van der Waals surface area contributed by atoms with Crippen LogP contribution in [0.25, 0.3) is 0 Å². The molecule has 1 atom stereocenters. The number of carbonyl (C=O) groups is 1. The van der Waals surface area contributed by atoms with Crippen LogP contribution in [0.4, 0.5) is 0 Å². The molecule has 1 aromatic carbocycles. The number of phenols is 1. The van der Waals surface area contributed by atoms with Crippen molar-refractivity contribution in [2.45, 2.75) is 25.3 Å². The van der Waals surface area contributed by atoms with Gasteiger partial charge in [0.15, 0.2) is 0 Å². The van der Waals surface area contributed by atoms with Crippen molar-refractivity contribution < 1.29 is 9.90 Å². The van der Waals surface area contributed by atoms with Gasteiger partial charge in [-0.15, -0.1) is 0 Å². The molecule has 4 nitrogen and oxygen atoms in total. The number of carbonyl (C=O) groups excluding carboxylic acids is 1. The third-order valence-electron chi connectivity index (χ3n) is 3.13. The molecule has 1 aromatic rings. The Morgan fingerprint density at radius 2 is 2.33 bits per heavy atom. The van der Waals surface area contributed by atoms with Gasteiger partial charge in [-0.2, -0.15) is 0 Å². The third kappa shape index (κ3) is 3.58. The van der Waals surface area contributed by atoms with Gasteiger partial charge in [0.25, 0.3) is 5.91 Å². The first kappa shape index (κ1) is 13.6. The van der Waals surface area contributed by atoms with Crippen molar-refractivity contribution in [3.63, 3.8) is 0 Å². The van der Waals surface area contributed by atoms with Crippen LogP contribution in [0.3, 0.4) is 0 Å². The van der Waals surface area contributed by atoms with E-state index in [4.69, 9.17) is 0 Å². The molecular formula is C13H17IN2O2. The summed E-state index contributed by atoms with van der Waals surface area (Å²) in [4.78, 5) is 11.9. The van der Waals surface area contributed by atoms with Gasteiger partial charge in [-0.25, -0.2) is 0 Å². The van der Waals surface area contributed by atoms with Crippen molar-refractivity contribution in [3.05, 3.63) is 27.3 Å². The van der Waals surface area contributed by atoms with E-state index in [1.54, 1.807) is 12.1 Å². The molecule has 5 heteroatoms. The number of benzene rings is 1. The molecule has 0 bridgehead atoms. The summed E-state index contributed by atoms with van der Waals surface area (Å²) < 4.78 is 0.748. The van der Waals surface area contributed by atoms with Gasteiger partial charge in [-0.1, -0.05) is 6.42 Å². The van der Waals surface area contributed by atoms with Gasteiger partial charge in [0.05, 0.1) is 3.57 Å². The van der Waals surface area contributed by atoms with Crippen LogP contribution in [-0.2, 0) is 0 Å². The molecule has 0 spiro atoms. The monoisotopic (exact) mass is 360 g/mol. The maximum atomic E-state index is 11.9. The number of amides is 1. The molecule has 1 aliphatic heterocycles. The molecule has 1 unspecified atom stereocenters. The van der Waals surface area contributed by atoms with Crippen molar-refractivity contribution in [1.82, 2.24) is 10.6 Å². The smallest absolute Gasteiger partial charge is 0.251 e. The lowest BCUT2D eigenvalue weighted by Gasteiger charge is -2.23. The number of hydrogen-bond acceptors (Lipinski definition) is 3. The summed E-state index contributed by atoms with van der Waals surface area (Å²) in [7, 11) is 0. The lowest BCUT2D eigenvalue weighted by atomic mass is 10.1. The minimum absolute atomic E-state index is 0.130. The summed E-state index contributed by atoms with van der Waals surface area (Å²) in [6.45, 7) is 1.68. The third-order valence-corrected chi connectivity index (χ3v) is 4.04. The number of hydrogen-bond donors (Lipinski definition) is 3. The molecule has 3 N–H and O–H groups in total. The van der Waals surface area contributed by atoms with Crippen LogP contribution >= 0.6 is 22.6 Å². The van der Waals surface area contributed by atoms with Crippen molar-refractivity contribution in [1.29, 1.82) is 0 Å². The van der Waals surface area contributed by atoms with E-state index in [2.05, 4.69) is 10.6 Å². The molecule has 2 rings (SSSR count). The molecule has 18 heavy (non-hydrogen) atoms. The largest absolute Gasteiger partial charge is 0.507 e. The van der Waals surface area contributed by atoms with Crippen molar-refractivity contribution >= 4 is 28.5 Å². The van der Waals surface area contributed by atoms with E-state index in [0.29, 0.717) is 18.2 Å². The first-order chi connectivity index (χ1) is 8.66. The van der Waals surface area contributed by atoms with Crippen LogP contribution in [0, 0.1) is 3.57 Å². The Balaban J connectivity index is 1.88. The molecule has 0 aromatic heterocycles. The van der Waals surface area contributed by atoms with Crippen LogP contribution in [0.2, 0.25) is 0 Å². The van der Waals surface area contributed by atoms with Crippen LogP contribution in [0.1, 0.15) is 29.6 Å². The molecular weight excluding hydrogens is 343 g/mol. The summed E-state index contributed by atoms with van der Waals surface area (Å²) in [5.74, 6) is 0.0214. The van der Waals surface area contributed by atoms with Gasteiger partial charge in [0.1, 0.15) is 5.75 Å². The van der Waals surface area contributed by atoms with Gasteiger partial charge < -0.3 is 15.7 Å². The van der Waals surface area contributed by atoms with E-state index < -0.39 is 0 Å². The van der Waals surface area contributed by atoms with Gasteiger partial charge in [-0.05, 0) is 60.2 Å². The fourth-order valence-electron chi connectivity index (χ4n) is 2.07. The number of phenolic OH excluding ortho intramolecular Hbond substituents is 1. The van der Waals surface area contributed by atoms with Crippen LogP contribution in [0.15, 0.2) is 18.2 Å². The first-order valence-electron chi connectivity index (χ1n) is 6.17. The second-order valence-electron chi connectivity index (χ2n) is 4.52. The average molecular weight is 360 g/mol. The standard InChI is InChI=1S/C13H17IN2O2/c14-11-5-4-9(7-12(11)17)13(18)16-8-10-3-1-2-6-15-10/h4-5,7,10,15,17H,1-3,6,8H2,(H,16,18). The van der Waals surface area contributed by atoms with Gasteiger partial charge in [0.2, 0.25) is 0 Å². The second kappa shape index (κ2) is 6.38. The topological polar surface area (TPSA) is 61.4 Å². The molecule has 0 aliphatic carbocycles. The zero-order chi connectivity index (χ0) is 13.0. The highest BCUT2D eigenvalue weighted by molar-refractivity contribution is 14.1. The van der Waals surface area contributed by atoms with E-state index in [0.717, 1.165) is 16.5 Å². The van der Waals surface area contributed by atoms with Crippen LogP contribution in [0.5, 0.6) is 5.75 Å². The summed E-state index contributed by atoms with van der Waals surface area (Å²) >= 11 is 2.03. The molecule has 98 valence electrons. The molecule has 1 heterocycles. The number of piperidine rings is 1. The van der Waals surface area contributed by atoms with Crippen LogP contribution < -0.4 is 10.6 Å². The van der Waals surface area contributed by atoms with Gasteiger partial charge >= 0.3 is 0 Å². The van der Waals surface area contributed by atoms with Crippen LogP contribution in [-0.4, -0.2) is 30.1 Å². The Bertz CT molecular complexity index is 431. The van der Waals surface area contributed by atoms with Gasteiger partial charge in [-0.3, -0.25) is 4.79 Å². The molecule has 0 saturated carbocycles. The fourth-order valence-corrected chi connectivity index (χ4v) is 2.41. The summed E-state index contributed by atoms with van der Waals surface area (Å²) in [6.07, 6.45) is 3.55. The van der Waals surface area contributed by atoms with E-state index in [1.807, 2.05) is 22.6 Å². The predicted octanol–water partition coefficient (Wildman–Crippen LogP) is 1.87. The average Bonchev–Trinajstić information content (AvgIpc) is 2.40. The first-order valence-corrected chi connectivity index (χ1v) is 7.25. The van der Waals surface area contributed by atoms with Crippen molar-refractivity contribution in [2.24, 2.45) is 0 Å². The van der Waals surface area contributed by atoms with E-state index >= 15 is 0 Å². The zero-order valence-corrected chi connectivity index (χ0v) is 12.2. The molecule has 1 saturated heterocycles. The molecule has 1 amide bonds. The fraction of sp³-hybridized carbons (Fsp3) is 0.462. The number of rotatable bonds is 3. The number of aromatic hydroxyl groups is 1. The normalized spacial score (nSPS) is 19.5. The van der Waals surface area contributed by atoms with Crippen molar-refractivity contribution in [2.75, 3.05) is 13.1 Å². The van der Waals surface area contributed by atoms with E-state index in [-0.39, 0.29) is 11.7 Å². The Labute approximate surface area is 120 Å². The lowest BCUT2D eigenvalue weighted by Crippen LogP contribution is -2.43. The summed E-state index contributed by atoms with van der Waals surface area (Å²) in [5.41, 5.74) is 0.503. The zero-order valence-electron chi connectivity index (χ0n) is 10.1. The number of nitrogens with one attached hydrogen (secondary N) is 2. The summed E-state index contributed by atoms with van der Waals surface area (Å²) in [6, 6.07) is 5.35. The Morgan fingerprint density at radius 3 is 3.00 bits per heavy atom. The maximum absolute atomic E-state index is 11.9. The Morgan fingerprint density at radius 1 is 1.50 bits per heavy atom. The second-order valence-corrected chi connectivity index (χ2v) is 5.69. The predicted molar refractivity (Wildman–Crippen MR) is 78.8 cm³/mol. The lowest BCUT2D eigenvalue weighted by molar-refractivity contribution is 0.0947. The number of halogens is 1. The Kier molecular flexibility index (Phi) is 4.82. The highest BCUT2D eigenvalue weighted by Crippen LogP contribution is 2.20. The summed E-state index contributed by atoms with van der Waals surface area (Å²) in [5, 5.41) is 15.8. The SMILES string of the molecule is O=C(NCC1CCCCN1)c1ccc(I)c(O)c1. The quantitative estimate of drug-likeness (QED) is 0.722. The van der Waals surface area contributed by atoms with E-state index in [9.17, 15) is 9.90 Å². The molecule has 0 radical (unpaired) electrons. The highest BCUT2D eigenvalue weighted by atomic mass is 127. The molecule has 1 fully saturated rings. The Hall–Kier alpha value is -0.820.